The number of quaternary nitrogens is 1. The van der Waals surface area contributed by atoms with Crippen molar-refractivity contribution in [3.05, 3.63) is 12.2 Å². The van der Waals surface area contributed by atoms with E-state index in [0.717, 1.165) is 38.5 Å². The topological polar surface area (TPSA) is 108 Å². The van der Waals surface area contributed by atoms with E-state index in [1.54, 1.807) is 6.08 Å². The van der Waals surface area contributed by atoms with E-state index in [-0.39, 0.29) is 19.1 Å². The molecule has 0 aliphatic carbocycles. The van der Waals surface area contributed by atoms with Crippen LogP contribution >= 0.6 is 7.82 Å². The van der Waals surface area contributed by atoms with Crippen molar-refractivity contribution < 1.29 is 32.9 Å². The fourth-order valence-electron chi connectivity index (χ4n) is 5.39. The minimum atomic E-state index is -4.57. The maximum absolute atomic E-state index is 12.7. The minimum absolute atomic E-state index is 0.00153. The Morgan fingerprint density at radius 1 is 0.739 bits per heavy atom. The van der Waals surface area contributed by atoms with Gasteiger partial charge in [0.2, 0.25) is 5.91 Å². The fourth-order valence-corrected chi connectivity index (χ4v) is 6.11. The lowest BCUT2D eigenvalue weighted by molar-refractivity contribution is -0.870. The summed E-state index contributed by atoms with van der Waals surface area (Å²) in [6, 6.07) is -0.877. The van der Waals surface area contributed by atoms with Crippen molar-refractivity contribution in [1.29, 1.82) is 0 Å². The Bertz CT molecular complexity index is 773. The van der Waals surface area contributed by atoms with Gasteiger partial charge in [-0.3, -0.25) is 9.36 Å². The quantitative estimate of drug-likeness (QED) is 0.0305. The molecule has 274 valence electrons. The molecule has 0 aromatic carbocycles. The third-order valence-electron chi connectivity index (χ3n) is 8.50. The second-order valence-electron chi connectivity index (χ2n) is 14.3. The number of hydrogen-bond donors (Lipinski definition) is 2. The van der Waals surface area contributed by atoms with Crippen LogP contribution in [0.3, 0.4) is 0 Å². The lowest BCUT2D eigenvalue weighted by atomic mass is 10.0. The molecule has 0 aliphatic rings. The van der Waals surface area contributed by atoms with Gasteiger partial charge >= 0.3 is 0 Å². The van der Waals surface area contributed by atoms with Crippen LogP contribution in [0.2, 0.25) is 0 Å². The Hall–Kier alpha value is -0.760. The number of rotatable bonds is 34. The minimum Gasteiger partial charge on any atom is -0.756 e. The van der Waals surface area contributed by atoms with E-state index in [1.165, 1.54) is 109 Å². The molecule has 3 unspecified atom stereocenters. The summed E-state index contributed by atoms with van der Waals surface area (Å²) in [7, 11) is 1.26. The van der Waals surface area contributed by atoms with E-state index in [0.29, 0.717) is 17.4 Å². The molecule has 46 heavy (non-hydrogen) atoms. The molecule has 0 heterocycles. The number of hydrogen-bond acceptors (Lipinski definition) is 6. The molecule has 0 radical (unpaired) electrons. The molecule has 3 atom stereocenters. The predicted octanol–water partition coefficient (Wildman–Crippen LogP) is 9.00. The van der Waals surface area contributed by atoms with Crippen LogP contribution in [0.25, 0.3) is 0 Å². The number of unbranched alkanes of at least 4 members (excludes halogenated alkanes) is 21. The molecule has 1 amide bonds. The van der Waals surface area contributed by atoms with Gasteiger partial charge in [0.25, 0.3) is 7.82 Å². The van der Waals surface area contributed by atoms with Crippen LogP contribution in [-0.2, 0) is 18.4 Å². The summed E-state index contributed by atoms with van der Waals surface area (Å²) >= 11 is 0. The third kappa shape index (κ3) is 31.8. The fraction of sp³-hybridized carbons (Fsp3) is 0.919. The highest BCUT2D eigenvalue weighted by Crippen LogP contribution is 2.38. The van der Waals surface area contributed by atoms with Gasteiger partial charge in [-0.25, -0.2) is 0 Å². The molecule has 8 nitrogen and oxygen atoms in total. The molecule has 0 saturated carbocycles. The Morgan fingerprint density at radius 3 is 1.63 bits per heavy atom. The zero-order valence-corrected chi connectivity index (χ0v) is 31.7. The first-order valence-electron chi connectivity index (χ1n) is 19.1. The smallest absolute Gasteiger partial charge is 0.268 e. The maximum atomic E-state index is 12.7. The van der Waals surface area contributed by atoms with Crippen molar-refractivity contribution in [3.8, 4) is 0 Å². The number of aliphatic hydroxyl groups excluding tert-OH is 1. The SMILES string of the molecule is CCCCCCCCCCCCCC/C=C/C(O)C(COP(=O)([O-])OCC[N+](C)(C)C)NC(=O)CCCCCCCCCCCC. The average Bonchev–Trinajstić information content (AvgIpc) is 2.99. The van der Waals surface area contributed by atoms with E-state index < -0.39 is 20.0 Å². The molecular formula is C37H75N2O6P. The molecule has 9 heteroatoms. The monoisotopic (exact) mass is 675 g/mol. The van der Waals surface area contributed by atoms with Gasteiger partial charge in [-0.15, -0.1) is 0 Å². The van der Waals surface area contributed by atoms with Crippen LogP contribution in [0.1, 0.15) is 168 Å². The zero-order valence-electron chi connectivity index (χ0n) is 30.8. The second-order valence-corrected chi connectivity index (χ2v) is 15.7. The second kappa shape index (κ2) is 30.3. The van der Waals surface area contributed by atoms with Gasteiger partial charge in [0.05, 0.1) is 39.9 Å². The molecule has 0 fully saturated rings. The first-order chi connectivity index (χ1) is 22.0. The van der Waals surface area contributed by atoms with Crippen LogP contribution in [0, 0.1) is 0 Å². The highest BCUT2D eigenvalue weighted by Gasteiger charge is 2.23. The number of nitrogens with zero attached hydrogens (tertiary/aromatic N) is 1. The van der Waals surface area contributed by atoms with Gasteiger partial charge in [-0.1, -0.05) is 154 Å². The highest BCUT2D eigenvalue weighted by atomic mass is 31.2. The number of phosphoric acid groups is 1. The summed E-state index contributed by atoms with van der Waals surface area (Å²) in [5.74, 6) is -0.201. The lowest BCUT2D eigenvalue weighted by Gasteiger charge is -2.29. The van der Waals surface area contributed by atoms with Gasteiger partial charge in [0.1, 0.15) is 13.2 Å². The molecule has 0 bridgehead atoms. The standard InChI is InChI=1S/C37H75N2O6P/c1-6-8-10-12-14-16-18-19-20-21-22-24-26-28-30-36(40)35(34-45-46(42,43)44-33-32-39(3,4)5)38-37(41)31-29-27-25-23-17-15-13-11-9-7-2/h28,30,35-36,40H,6-27,29,31-34H2,1-5H3,(H-,38,41,42,43)/b30-28+. The lowest BCUT2D eigenvalue weighted by Crippen LogP contribution is -2.45. The van der Waals surface area contributed by atoms with E-state index in [2.05, 4.69) is 19.2 Å². The normalized spacial score (nSPS) is 14.8. The summed E-state index contributed by atoms with van der Waals surface area (Å²) in [6.45, 7) is 4.61. The summed E-state index contributed by atoms with van der Waals surface area (Å²) in [5.41, 5.74) is 0. The first kappa shape index (κ1) is 45.2. The molecule has 0 spiro atoms. The molecule has 0 saturated heterocycles. The summed E-state index contributed by atoms with van der Waals surface area (Å²) in [6.07, 6.45) is 31.0. The van der Waals surface area contributed by atoms with Crippen LogP contribution in [0.5, 0.6) is 0 Å². The molecule has 0 aliphatic heterocycles. The van der Waals surface area contributed by atoms with Crippen LogP contribution in [-0.4, -0.2) is 68.5 Å². The van der Waals surface area contributed by atoms with E-state index >= 15 is 0 Å². The van der Waals surface area contributed by atoms with Gasteiger partial charge in [-0.05, 0) is 19.3 Å². The maximum Gasteiger partial charge on any atom is 0.268 e. The van der Waals surface area contributed by atoms with Gasteiger partial charge < -0.3 is 28.8 Å². The Morgan fingerprint density at radius 2 is 1.17 bits per heavy atom. The molecule has 2 N–H and O–H groups in total. The number of phosphoric ester groups is 1. The molecular weight excluding hydrogens is 599 g/mol. The van der Waals surface area contributed by atoms with Crippen molar-refractivity contribution in [2.24, 2.45) is 0 Å². The van der Waals surface area contributed by atoms with Crippen LogP contribution < -0.4 is 10.2 Å². The van der Waals surface area contributed by atoms with E-state index in [4.69, 9.17) is 9.05 Å². The number of carbonyl (C=O) groups is 1. The van der Waals surface area contributed by atoms with Crippen molar-refractivity contribution in [2.45, 2.75) is 180 Å². The van der Waals surface area contributed by atoms with Crippen molar-refractivity contribution in [2.75, 3.05) is 40.9 Å². The number of nitrogens with one attached hydrogen (secondary N) is 1. The van der Waals surface area contributed by atoms with Gasteiger partial charge in [0, 0.05) is 6.42 Å². The Balaban J connectivity index is 4.53. The average molecular weight is 675 g/mol. The number of carbonyl (C=O) groups excluding carboxylic acids is 1. The van der Waals surface area contributed by atoms with Gasteiger partial charge in [-0.2, -0.15) is 0 Å². The van der Waals surface area contributed by atoms with Gasteiger partial charge in [0.15, 0.2) is 0 Å². The summed E-state index contributed by atoms with van der Waals surface area (Å²) in [4.78, 5) is 25.1. The number of allylic oxidation sites excluding steroid dienone is 1. The number of likely N-dealkylation sites (N-methyl/N-ethyl adjacent to an activating group) is 1. The molecule has 0 aromatic heterocycles. The van der Waals surface area contributed by atoms with Crippen molar-refractivity contribution >= 4 is 13.7 Å². The summed E-state index contributed by atoms with van der Waals surface area (Å²) in [5, 5.41) is 13.7. The predicted molar refractivity (Wildman–Crippen MR) is 192 cm³/mol. The Labute approximate surface area is 284 Å². The molecule has 0 aromatic rings. The third-order valence-corrected chi connectivity index (χ3v) is 9.46. The highest BCUT2D eigenvalue weighted by molar-refractivity contribution is 7.45. The van der Waals surface area contributed by atoms with Crippen LogP contribution in [0.4, 0.5) is 0 Å². The van der Waals surface area contributed by atoms with Crippen LogP contribution in [0.15, 0.2) is 12.2 Å². The van der Waals surface area contributed by atoms with Crippen molar-refractivity contribution in [3.63, 3.8) is 0 Å². The zero-order chi connectivity index (χ0) is 34.4. The largest absolute Gasteiger partial charge is 0.756 e. The van der Waals surface area contributed by atoms with Crippen molar-refractivity contribution in [1.82, 2.24) is 5.32 Å². The van der Waals surface area contributed by atoms with E-state index in [9.17, 15) is 19.4 Å². The number of aliphatic hydroxyl groups is 1. The van der Waals surface area contributed by atoms with E-state index in [1.807, 2.05) is 27.2 Å². The number of amides is 1. The molecule has 0 rings (SSSR count). The summed E-state index contributed by atoms with van der Waals surface area (Å²) < 4.78 is 23.1. The first-order valence-corrected chi connectivity index (χ1v) is 20.5. The Kier molecular flexibility index (Phi) is 29.8.